The summed E-state index contributed by atoms with van der Waals surface area (Å²) in [5, 5.41) is 0. The maximum absolute atomic E-state index is 5.05. The van der Waals surface area contributed by atoms with Gasteiger partial charge in [0.05, 0.1) is 0 Å². The van der Waals surface area contributed by atoms with E-state index < -0.39 is 0 Å². The van der Waals surface area contributed by atoms with E-state index in [-0.39, 0.29) is 0 Å². The van der Waals surface area contributed by atoms with E-state index in [1.807, 2.05) is 12.2 Å². The molecule has 0 atom stereocenters. The smallest absolute Gasteiger partial charge is 0.0359 e. The molecule has 0 aromatic rings. The van der Waals surface area contributed by atoms with E-state index in [9.17, 15) is 0 Å². The number of hydrogen-bond acceptors (Lipinski definition) is 1. The maximum atomic E-state index is 5.05. The molecule has 0 saturated heterocycles. The van der Waals surface area contributed by atoms with Gasteiger partial charge in [0.25, 0.3) is 0 Å². The highest BCUT2D eigenvalue weighted by atomic mass is 35.5. The minimum Gasteiger partial charge on any atom is -0.327 e. The molecule has 0 aliphatic carbocycles. The molecule has 0 aliphatic heterocycles. The monoisotopic (exact) mass is 307 g/mol. The van der Waals surface area contributed by atoms with Crippen LogP contribution in [0.2, 0.25) is 0 Å². The first kappa shape index (κ1) is 23.8. The summed E-state index contributed by atoms with van der Waals surface area (Å²) < 4.78 is 0. The fraction of sp³-hybridized carbons (Fsp3) is 0.625. The second-order valence-electron chi connectivity index (χ2n) is 3.82. The zero-order valence-corrected chi connectivity index (χ0v) is 13.8. The van der Waals surface area contributed by atoms with Gasteiger partial charge in [-0.25, -0.2) is 0 Å². The molecule has 0 amide bonds. The van der Waals surface area contributed by atoms with E-state index in [4.69, 9.17) is 28.9 Å². The first-order chi connectivity index (χ1) is 9.24. The maximum Gasteiger partial charge on any atom is 0.0359 e. The van der Waals surface area contributed by atoms with Crippen LogP contribution in [0, 0.1) is 0 Å². The summed E-state index contributed by atoms with van der Waals surface area (Å²) >= 11 is 10.1. The highest BCUT2D eigenvalue weighted by Gasteiger charge is 1.87. The molecule has 0 fully saturated rings. The van der Waals surface area contributed by atoms with E-state index in [0.717, 1.165) is 0 Å². The zero-order valence-electron chi connectivity index (χ0n) is 12.3. The predicted octanol–water partition coefficient (Wildman–Crippen LogP) is 5.68. The van der Waals surface area contributed by atoms with Crippen molar-refractivity contribution in [1.82, 2.24) is 0 Å². The molecule has 0 rings (SSSR count). The molecule has 114 valence electrons. The Labute approximate surface area is 130 Å². The fourth-order valence-electron chi connectivity index (χ4n) is 1.11. The third kappa shape index (κ3) is 46.3. The van der Waals surface area contributed by atoms with Crippen molar-refractivity contribution in [3.63, 3.8) is 0 Å². The standard InChI is InChI=1S/C11H20.C3H7N.C2H4Cl2/c1-3-5-7-9-11-10-8-6-4-2;1-2-3-4;3-1-2-4/h3-4H,1-2,5-11H2;2H,1,3-4H2;1-2H2. The van der Waals surface area contributed by atoms with E-state index in [1.165, 1.54) is 44.9 Å². The van der Waals surface area contributed by atoms with Crippen molar-refractivity contribution in [3.05, 3.63) is 38.0 Å². The lowest BCUT2D eigenvalue weighted by atomic mass is 10.1. The molecule has 0 unspecified atom stereocenters. The highest BCUT2D eigenvalue weighted by molar-refractivity contribution is 6.25. The van der Waals surface area contributed by atoms with Crippen LogP contribution in [0.25, 0.3) is 0 Å². The van der Waals surface area contributed by atoms with E-state index in [1.54, 1.807) is 6.08 Å². The van der Waals surface area contributed by atoms with Crippen molar-refractivity contribution < 1.29 is 0 Å². The molecule has 0 bridgehead atoms. The van der Waals surface area contributed by atoms with Crippen LogP contribution in [0.3, 0.4) is 0 Å². The first-order valence-electron chi connectivity index (χ1n) is 6.89. The van der Waals surface area contributed by atoms with Gasteiger partial charge in [0, 0.05) is 18.3 Å². The van der Waals surface area contributed by atoms with Gasteiger partial charge in [-0.2, -0.15) is 0 Å². The average Bonchev–Trinajstić information content (AvgIpc) is 2.47. The molecule has 3 heteroatoms. The number of alkyl halides is 2. The van der Waals surface area contributed by atoms with Crippen molar-refractivity contribution in [3.8, 4) is 0 Å². The molecule has 0 heterocycles. The van der Waals surface area contributed by atoms with Gasteiger partial charge in [0.15, 0.2) is 0 Å². The van der Waals surface area contributed by atoms with Gasteiger partial charge in [-0.3, -0.25) is 0 Å². The van der Waals surface area contributed by atoms with Crippen LogP contribution in [0.15, 0.2) is 38.0 Å². The van der Waals surface area contributed by atoms with Crippen molar-refractivity contribution in [2.24, 2.45) is 5.73 Å². The molecular formula is C16H31Cl2N. The lowest BCUT2D eigenvalue weighted by Gasteiger charge is -1.97. The lowest BCUT2D eigenvalue weighted by Crippen LogP contribution is -1.90. The quantitative estimate of drug-likeness (QED) is 0.313. The Morgan fingerprint density at radius 2 is 1.00 bits per heavy atom. The number of nitrogens with two attached hydrogens (primary N) is 1. The van der Waals surface area contributed by atoms with Crippen molar-refractivity contribution in [2.45, 2.75) is 44.9 Å². The van der Waals surface area contributed by atoms with E-state index in [0.29, 0.717) is 18.3 Å². The SMILES string of the molecule is C=CCCCCCCCC=C.C=CCN.ClCCCl. The number of halogens is 2. The Balaban J connectivity index is -0.000000264. The van der Waals surface area contributed by atoms with Gasteiger partial charge in [-0.15, -0.1) is 42.9 Å². The van der Waals surface area contributed by atoms with Gasteiger partial charge >= 0.3 is 0 Å². The van der Waals surface area contributed by atoms with E-state index >= 15 is 0 Å². The Bertz CT molecular complexity index is 156. The van der Waals surface area contributed by atoms with Gasteiger partial charge in [0.1, 0.15) is 0 Å². The van der Waals surface area contributed by atoms with Crippen LogP contribution in [-0.2, 0) is 0 Å². The number of allylic oxidation sites excluding steroid dienone is 2. The highest BCUT2D eigenvalue weighted by Crippen LogP contribution is 2.07. The lowest BCUT2D eigenvalue weighted by molar-refractivity contribution is 0.622. The normalized spacial score (nSPS) is 8.37. The summed E-state index contributed by atoms with van der Waals surface area (Å²) in [6.07, 6.45) is 14.8. The second-order valence-corrected chi connectivity index (χ2v) is 4.58. The first-order valence-corrected chi connectivity index (χ1v) is 7.96. The van der Waals surface area contributed by atoms with Crippen LogP contribution in [0.4, 0.5) is 0 Å². The van der Waals surface area contributed by atoms with Gasteiger partial charge in [0.2, 0.25) is 0 Å². The summed E-state index contributed by atoms with van der Waals surface area (Å²) in [4.78, 5) is 0. The van der Waals surface area contributed by atoms with Crippen molar-refractivity contribution in [1.29, 1.82) is 0 Å². The molecule has 0 aliphatic rings. The van der Waals surface area contributed by atoms with Crippen LogP contribution in [-0.4, -0.2) is 18.3 Å². The summed E-state index contributed by atoms with van der Waals surface area (Å²) in [6, 6.07) is 0. The van der Waals surface area contributed by atoms with E-state index in [2.05, 4.69) is 19.7 Å². The molecule has 2 N–H and O–H groups in total. The summed E-state index contributed by atoms with van der Waals surface area (Å²) in [5.74, 6) is 1.11. The molecule has 1 nitrogen and oxygen atoms in total. The molecule has 0 radical (unpaired) electrons. The largest absolute Gasteiger partial charge is 0.327 e. The molecule has 0 aromatic carbocycles. The molecule has 0 aromatic heterocycles. The Morgan fingerprint density at radius 1 is 0.684 bits per heavy atom. The van der Waals surface area contributed by atoms with Crippen LogP contribution >= 0.6 is 23.2 Å². The number of rotatable bonds is 10. The molecule has 0 saturated carbocycles. The second kappa shape index (κ2) is 30.6. The summed E-state index contributed by atoms with van der Waals surface area (Å²) in [6.45, 7) is 11.3. The predicted molar refractivity (Wildman–Crippen MR) is 93.4 cm³/mol. The van der Waals surface area contributed by atoms with Crippen LogP contribution < -0.4 is 5.73 Å². The Kier molecular flexibility index (Phi) is 38.4. The third-order valence-corrected chi connectivity index (χ3v) is 2.63. The Morgan fingerprint density at radius 3 is 1.21 bits per heavy atom. The zero-order chi connectivity index (χ0) is 15.2. The van der Waals surface area contributed by atoms with Gasteiger partial charge in [-0.05, 0) is 25.7 Å². The molecule has 19 heavy (non-hydrogen) atoms. The van der Waals surface area contributed by atoms with Crippen LogP contribution in [0.1, 0.15) is 44.9 Å². The topological polar surface area (TPSA) is 26.0 Å². The number of hydrogen-bond donors (Lipinski definition) is 1. The van der Waals surface area contributed by atoms with Crippen LogP contribution in [0.5, 0.6) is 0 Å². The van der Waals surface area contributed by atoms with Gasteiger partial charge in [-0.1, -0.05) is 37.5 Å². The minimum absolute atomic E-state index is 0.557. The van der Waals surface area contributed by atoms with Crippen molar-refractivity contribution in [2.75, 3.05) is 18.3 Å². The molecular weight excluding hydrogens is 277 g/mol. The third-order valence-electron chi connectivity index (χ3n) is 2.05. The van der Waals surface area contributed by atoms with Gasteiger partial charge < -0.3 is 5.73 Å². The summed E-state index contributed by atoms with van der Waals surface area (Å²) in [5.41, 5.74) is 4.91. The Hall–Kier alpha value is -0.240. The number of unbranched alkanes of at least 4 members (excludes halogenated alkanes) is 6. The average molecular weight is 308 g/mol. The fourth-order valence-corrected chi connectivity index (χ4v) is 1.11. The minimum atomic E-state index is 0.557. The molecule has 0 spiro atoms. The summed E-state index contributed by atoms with van der Waals surface area (Å²) in [7, 11) is 0. The van der Waals surface area contributed by atoms with Crippen molar-refractivity contribution >= 4 is 23.2 Å².